The Labute approximate surface area is 98.3 Å². The van der Waals surface area contributed by atoms with Gasteiger partial charge in [-0.05, 0) is 33.6 Å². The Balaban J connectivity index is 2.41. The molecule has 0 aromatic rings. The first-order valence-corrected chi connectivity index (χ1v) is 6.16. The van der Waals surface area contributed by atoms with E-state index in [9.17, 15) is 4.79 Å². The maximum Gasteiger partial charge on any atom is 0.307 e. The zero-order valence-electron chi connectivity index (χ0n) is 10.8. The number of piperidine rings is 1. The maximum atomic E-state index is 11.1. The van der Waals surface area contributed by atoms with Gasteiger partial charge >= 0.3 is 5.97 Å². The van der Waals surface area contributed by atoms with E-state index >= 15 is 0 Å². The van der Waals surface area contributed by atoms with Crippen LogP contribution in [0.3, 0.4) is 0 Å². The molecule has 1 N–H and O–H groups in total. The number of rotatable bonds is 4. The fraction of sp³-hybridized carbons (Fsp3) is 0.917. The molecule has 1 aliphatic heterocycles. The van der Waals surface area contributed by atoms with Crippen molar-refractivity contribution in [3.63, 3.8) is 0 Å². The van der Waals surface area contributed by atoms with Crippen molar-refractivity contribution >= 4 is 5.97 Å². The van der Waals surface area contributed by atoms with Crippen LogP contribution in [0.15, 0.2) is 0 Å². The SMILES string of the molecule is COC(=O)CC(C)NN1C(C)CCCC1C. The Bertz CT molecular complexity index is 223. The van der Waals surface area contributed by atoms with Gasteiger partial charge in [-0.1, -0.05) is 6.42 Å². The summed E-state index contributed by atoms with van der Waals surface area (Å²) in [6, 6.07) is 1.23. The molecule has 94 valence electrons. The zero-order chi connectivity index (χ0) is 12.1. The molecule has 16 heavy (non-hydrogen) atoms. The molecular weight excluding hydrogens is 204 g/mol. The van der Waals surface area contributed by atoms with Crippen molar-refractivity contribution in [1.29, 1.82) is 0 Å². The summed E-state index contributed by atoms with van der Waals surface area (Å²) in [5.41, 5.74) is 3.42. The number of hydrogen-bond acceptors (Lipinski definition) is 4. The predicted octanol–water partition coefficient (Wildman–Crippen LogP) is 1.71. The van der Waals surface area contributed by atoms with Crippen molar-refractivity contribution in [2.45, 2.75) is 64.6 Å². The molecule has 0 bridgehead atoms. The summed E-state index contributed by atoms with van der Waals surface area (Å²) in [6.45, 7) is 6.48. The van der Waals surface area contributed by atoms with Gasteiger partial charge in [0.2, 0.25) is 0 Å². The Kier molecular flexibility index (Phi) is 5.22. The van der Waals surface area contributed by atoms with E-state index in [2.05, 4.69) is 29.0 Å². The number of carbonyl (C=O) groups is 1. The highest BCUT2D eigenvalue weighted by Crippen LogP contribution is 2.20. The quantitative estimate of drug-likeness (QED) is 0.744. The van der Waals surface area contributed by atoms with Gasteiger partial charge in [-0.15, -0.1) is 0 Å². The zero-order valence-corrected chi connectivity index (χ0v) is 10.8. The molecule has 0 spiro atoms. The molecule has 3 atom stereocenters. The van der Waals surface area contributed by atoms with Crippen LogP contribution in [0.2, 0.25) is 0 Å². The topological polar surface area (TPSA) is 41.6 Å². The van der Waals surface area contributed by atoms with E-state index in [-0.39, 0.29) is 12.0 Å². The van der Waals surface area contributed by atoms with Crippen molar-refractivity contribution in [3.05, 3.63) is 0 Å². The summed E-state index contributed by atoms with van der Waals surface area (Å²) < 4.78 is 4.67. The molecule has 4 heteroatoms. The summed E-state index contributed by atoms with van der Waals surface area (Å²) in [7, 11) is 1.43. The Morgan fingerprint density at radius 2 is 2.00 bits per heavy atom. The monoisotopic (exact) mass is 228 g/mol. The average molecular weight is 228 g/mol. The summed E-state index contributed by atoms with van der Waals surface area (Å²) in [5, 5.41) is 2.29. The molecule has 0 aromatic carbocycles. The number of hydrogen-bond donors (Lipinski definition) is 1. The third-order valence-electron chi connectivity index (χ3n) is 3.26. The highest BCUT2D eigenvalue weighted by molar-refractivity contribution is 5.69. The second-order valence-electron chi connectivity index (χ2n) is 4.85. The van der Waals surface area contributed by atoms with Crippen LogP contribution >= 0.6 is 0 Å². The smallest absolute Gasteiger partial charge is 0.307 e. The van der Waals surface area contributed by atoms with E-state index in [1.165, 1.54) is 26.4 Å². The van der Waals surface area contributed by atoms with Crippen LogP contribution in [0.25, 0.3) is 0 Å². The first kappa shape index (κ1) is 13.5. The lowest BCUT2D eigenvalue weighted by Crippen LogP contribution is -2.55. The molecule has 1 saturated heterocycles. The largest absolute Gasteiger partial charge is 0.469 e. The van der Waals surface area contributed by atoms with Gasteiger partial charge in [0.1, 0.15) is 0 Å². The van der Waals surface area contributed by atoms with E-state index in [1.807, 2.05) is 6.92 Å². The first-order chi connectivity index (χ1) is 7.54. The van der Waals surface area contributed by atoms with Gasteiger partial charge in [0.25, 0.3) is 0 Å². The fourth-order valence-corrected chi connectivity index (χ4v) is 2.31. The van der Waals surface area contributed by atoms with Crippen molar-refractivity contribution < 1.29 is 9.53 Å². The molecule has 0 aromatic heterocycles. The minimum Gasteiger partial charge on any atom is -0.469 e. The third-order valence-corrected chi connectivity index (χ3v) is 3.26. The van der Waals surface area contributed by atoms with Crippen molar-refractivity contribution in [1.82, 2.24) is 10.4 Å². The number of esters is 1. The van der Waals surface area contributed by atoms with Crippen LogP contribution in [0.1, 0.15) is 46.5 Å². The second kappa shape index (κ2) is 6.21. The van der Waals surface area contributed by atoms with E-state index < -0.39 is 0 Å². The molecule has 1 fully saturated rings. The number of methoxy groups -OCH3 is 1. The highest BCUT2D eigenvalue weighted by atomic mass is 16.5. The van der Waals surface area contributed by atoms with Gasteiger partial charge < -0.3 is 4.74 Å². The number of nitrogens with one attached hydrogen (secondary N) is 1. The van der Waals surface area contributed by atoms with E-state index in [1.54, 1.807) is 0 Å². The van der Waals surface area contributed by atoms with Gasteiger partial charge in [-0.3, -0.25) is 10.2 Å². The Morgan fingerprint density at radius 3 is 2.50 bits per heavy atom. The molecule has 0 aliphatic carbocycles. The number of nitrogens with zero attached hydrogens (tertiary/aromatic N) is 1. The molecular formula is C12H24N2O2. The van der Waals surface area contributed by atoms with Crippen LogP contribution < -0.4 is 5.43 Å². The van der Waals surface area contributed by atoms with E-state index in [4.69, 9.17) is 0 Å². The molecule has 0 amide bonds. The van der Waals surface area contributed by atoms with Crippen molar-refractivity contribution in [2.75, 3.05) is 7.11 Å². The second-order valence-corrected chi connectivity index (χ2v) is 4.85. The molecule has 1 heterocycles. The average Bonchev–Trinajstić information content (AvgIpc) is 2.23. The van der Waals surface area contributed by atoms with Gasteiger partial charge in [0, 0.05) is 18.1 Å². The van der Waals surface area contributed by atoms with Gasteiger partial charge in [-0.25, -0.2) is 5.01 Å². The molecule has 4 nitrogen and oxygen atoms in total. The summed E-state index contributed by atoms with van der Waals surface area (Å²) in [5.74, 6) is -0.155. The number of ether oxygens (including phenoxy) is 1. The van der Waals surface area contributed by atoms with Crippen LogP contribution in [0.4, 0.5) is 0 Å². The molecule has 3 unspecified atom stereocenters. The van der Waals surface area contributed by atoms with Crippen LogP contribution in [0, 0.1) is 0 Å². The fourth-order valence-electron chi connectivity index (χ4n) is 2.31. The summed E-state index contributed by atoms with van der Waals surface area (Å²) in [6.07, 6.45) is 4.17. The molecule has 0 saturated carbocycles. The minimum atomic E-state index is -0.155. The summed E-state index contributed by atoms with van der Waals surface area (Å²) >= 11 is 0. The number of hydrazine groups is 1. The Hall–Kier alpha value is -0.610. The first-order valence-electron chi connectivity index (χ1n) is 6.16. The Morgan fingerprint density at radius 1 is 1.44 bits per heavy atom. The third kappa shape index (κ3) is 3.76. The highest BCUT2D eigenvalue weighted by Gasteiger charge is 2.26. The summed E-state index contributed by atoms with van der Waals surface area (Å²) in [4.78, 5) is 11.1. The molecule has 1 rings (SSSR count). The van der Waals surface area contributed by atoms with Crippen LogP contribution in [-0.4, -0.2) is 36.2 Å². The normalized spacial score (nSPS) is 28.8. The molecule has 1 aliphatic rings. The van der Waals surface area contributed by atoms with Crippen molar-refractivity contribution in [2.24, 2.45) is 0 Å². The van der Waals surface area contributed by atoms with E-state index in [0.29, 0.717) is 18.5 Å². The lowest BCUT2D eigenvalue weighted by Gasteiger charge is -2.40. The number of carbonyl (C=O) groups excluding carboxylic acids is 1. The predicted molar refractivity (Wildman–Crippen MR) is 63.8 cm³/mol. The lowest BCUT2D eigenvalue weighted by atomic mass is 9.99. The van der Waals surface area contributed by atoms with Gasteiger partial charge in [0.15, 0.2) is 0 Å². The minimum absolute atomic E-state index is 0.135. The van der Waals surface area contributed by atoms with Gasteiger partial charge in [-0.2, -0.15) is 0 Å². The van der Waals surface area contributed by atoms with Crippen LogP contribution in [0.5, 0.6) is 0 Å². The van der Waals surface area contributed by atoms with Crippen LogP contribution in [-0.2, 0) is 9.53 Å². The maximum absolute atomic E-state index is 11.1. The van der Waals surface area contributed by atoms with Crippen molar-refractivity contribution in [3.8, 4) is 0 Å². The van der Waals surface area contributed by atoms with E-state index in [0.717, 1.165) is 0 Å². The van der Waals surface area contributed by atoms with Gasteiger partial charge in [0.05, 0.1) is 13.5 Å². The standard InChI is InChI=1S/C12H24N2O2/c1-9(8-12(15)16-4)13-14-10(2)6-5-7-11(14)3/h9-11,13H,5-8H2,1-4H3. The lowest BCUT2D eigenvalue weighted by molar-refractivity contribution is -0.141. The molecule has 0 radical (unpaired) electrons.